The van der Waals surface area contributed by atoms with Crippen molar-refractivity contribution in [3.05, 3.63) is 34.8 Å². The molecule has 1 aliphatic rings. The Balaban J connectivity index is 2.63. The van der Waals surface area contributed by atoms with Crippen molar-refractivity contribution in [3.8, 4) is 0 Å². The van der Waals surface area contributed by atoms with Gasteiger partial charge in [0.05, 0.1) is 11.8 Å². The smallest absolute Gasteiger partial charge is 0.306 e. The first-order valence-electron chi connectivity index (χ1n) is 5.19. The van der Waals surface area contributed by atoms with E-state index in [2.05, 4.69) is 4.99 Å². The summed E-state index contributed by atoms with van der Waals surface area (Å²) in [5, 5.41) is 20.3. The third-order valence-corrected chi connectivity index (χ3v) is 2.96. The van der Waals surface area contributed by atoms with Crippen LogP contribution in [0.15, 0.2) is 29.3 Å². The minimum absolute atomic E-state index is 0.0769. The molecular formula is C12H13NO3. The third kappa shape index (κ3) is 1.46. The molecule has 0 aromatic heterocycles. The number of hydrogen-bond donors (Lipinski definition) is 2. The molecule has 1 heterocycles. The number of para-hydroxylation sites is 1. The van der Waals surface area contributed by atoms with Crippen LogP contribution < -0.4 is 10.6 Å². The summed E-state index contributed by atoms with van der Waals surface area (Å²) >= 11 is 0. The summed E-state index contributed by atoms with van der Waals surface area (Å²) in [5.41, 5.74) is -0.977. The average Bonchev–Trinajstić information content (AvgIpc) is 2.53. The molecule has 0 radical (unpaired) electrons. The summed E-state index contributed by atoms with van der Waals surface area (Å²) < 4.78 is 0. The van der Waals surface area contributed by atoms with E-state index in [1.165, 1.54) is 0 Å². The van der Waals surface area contributed by atoms with E-state index in [9.17, 15) is 9.90 Å². The van der Waals surface area contributed by atoms with E-state index in [1.54, 1.807) is 18.2 Å². The molecule has 84 valence electrons. The van der Waals surface area contributed by atoms with E-state index < -0.39 is 11.5 Å². The first-order valence-corrected chi connectivity index (χ1v) is 5.19. The van der Waals surface area contributed by atoms with Gasteiger partial charge in [0.25, 0.3) is 0 Å². The van der Waals surface area contributed by atoms with Gasteiger partial charge in [-0.05, 0) is 18.6 Å². The van der Waals surface area contributed by atoms with Crippen molar-refractivity contribution >= 4 is 11.7 Å². The van der Waals surface area contributed by atoms with Gasteiger partial charge < -0.3 is 10.2 Å². The van der Waals surface area contributed by atoms with Crippen LogP contribution in [0.4, 0.5) is 0 Å². The molecule has 4 heteroatoms. The minimum atomic E-state index is -0.977. The lowest BCUT2D eigenvalue weighted by Crippen LogP contribution is -2.30. The zero-order chi connectivity index (χ0) is 11.8. The van der Waals surface area contributed by atoms with Crippen LogP contribution in [0.5, 0.6) is 0 Å². The zero-order valence-electron chi connectivity index (χ0n) is 8.97. The molecule has 1 aromatic rings. The second-order valence-corrected chi connectivity index (χ2v) is 3.93. The van der Waals surface area contributed by atoms with Crippen molar-refractivity contribution in [2.75, 3.05) is 0 Å². The summed E-state index contributed by atoms with van der Waals surface area (Å²) in [4.78, 5) is 15.2. The Morgan fingerprint density at radius 3 is 2.69 bits per heavy atom. The van der Waals surface area contributed by atoms with Gasteiger partial charge in [-0.1, -0.05) is 19.1 Å². The molecule has 16 heavy (non-hydrogen) atoms. The monoisotopic (exact) mass is 219 g/mol. The molecule has 0 bridgehead atoms. The normalized spacial score (nSPS) is 22.7. The molecule has 2 rings (SSSR count). The van der Waals surface area contributed by atoms with Crippen LogP contribution in [0.1, 0.15) is 19.8 Å². The fraction of sp³-hybridized carbons (Fsp3) is 0.333. The molecule has 0 amide bonds. The maximum atomic E-state index is 10.8. The Kier molecular flexibility index (Phi) is 2.42. The summed E-state index contributed by atoms with van der Waals surface area (Å²) in [7, 11) is 0. The van der Waals surface area contributed by atoms with E-state index >= 15 is 0 Å². The first-order chi connectivity index (χ1) is 7.59. The predicted octanol–water partition coefficient (Wildman–Crippen LogP) is 0.609. The summed E-state index contributed by atoms with van der Waals surface area (Å²) in [6.07, 6.45) is 0.295. The second-order valence-electron chi connectivity index (χ2n) is 3.93. The van der Waals surface area contributed by atoms with Gasteiger partial charge in [-0.2, -0.15) is 0 Å². The fourth-order valence-electron chi connectivity index (χ4n) is 2.05. The van der Waals surface area contributed by atoms with Crippen LogP contribution >= 0.6 is 0 Å². The number of fused-ring (bicyclic) bond motifs is 1. The third-order valence-electron chi connectivity index (χ3n) is 2.96. The second kappa shape index (κ2) is 3.63. The number of aliphatic hydroxyl groups excluding tert-OH is 1. The number of hydrogen-bond acceptors (Lipinski definition) is 3. The van der Waals surface area contributed by atoms with Gasteiger partial charge in [0.2, 0.25) is 0 Å². The molecule has 1 aromatic carbocycles. The number of aliphatic hydroxyl groups is 1. The Hall–Kier alpha value is -1.84. The van der Waals surface area contributed by atoms with Crippen molar-refractivity contribution in [3.63, 3.8) is 0 Å². The van der Waals surface area contributed by atoms with Gasteiger partial charge in [-0.3, -0.25) is 9.79 Å². The fourth-order valence-corrected chi connectivity index (χ4v) is 2.05. The van der Waals surface area contributed by atoms with E-state index in [0.29, 0.717) is 17.0 Å². The highest BCUT2D eigenvalue weighted by Gasteiger charge is 2.38. The highest BCUT2D eigenvalue weighted by molar-refractivity contribution is 5.72. The van der Waals surface area contributed by atoms with E-state index in [-0.39, 0.29) is 12.2 Å². The first kappa shape index (κ1) is 10.7. The van der Waals surface area contributed by atoms with Gasteiger partial charge in [-0.15, -0.1) is 0 Å². The number of carbonyl (C=O) groups is 1. The number of carboxylic acid groups (broad SMARTS) is 1. The number of benzene rings is 1. The lowest BCUT2D eigenvalue weighted by molar-refractivity contribution is -0.138. The molecule has 2 N–H and O–H groups in total. The number of aliphatic carboxylic acids is 1. The molecule has 0 saturated heterocycles. The van der Waals surface area contributed by atoms with Gasteiger partial charge in [0.15, 0.2) is 0 Å². The minimum Gasteiger partial charge on any atom is -0.509 e. The van der Waals surface area contributed by atoms with Crippen LogP contribution in [0.2, 0.25) is 0 Å². The van der Waals surface area contributed by atoms with Crippen molar-refractivity contribution in [1.82, 2.24) is 0 Å². The van der Waals surface area contributed by atoms with Crippen LogP contribution in [-0.2, 0) is 4.79 Å². The number of rotatable bonds is 3. The average molecular weight is 219 g/mol. The van der Waals surface area contributed by atoms with Gasteiger partial charge in [0, 0.05) is 5.22 Å². The van der Waals surface area contributed by atoms with Crippen molar-refractivity contribution in [1.29, 1.82) is 0 Å². The number of carboxylic acids is 1. The maximum absolute atomic E-state index is 10.8. The highest BCUT2D eigenvalue weighted by Crippen LogP contribution is 2.29. The van der Waals surface area contributed by atoms with Crippen LogP contribution in [0.3, 0.4) is 0 Å². The zero-order valence-corrected chi connectivity index (χ0v) is 8.97. The van der Waals surface area contributed by atoms with Crippen molar-refractivity contribution in [2.24, 2.45) is 4.99 Å². The Morgan fingerprint density at radius 2 is 2.12 bits per heavy atom. The Bertz CT molecular complexity index is 550. The molecule has 1 atom stereocenters. The van der Waals surface area contributed by atoms with Gasteiger partial charge in [0.1, 0.15) is 11.3 Å². The molecule has 0 saturated carbocycles. The Labute approximate surface area is 92.6 Å². The van der Waals surface area contributed by atoms with Crippen LogP contribution in [0, 0.1) is 0 Å². The van der Waals surface area contributed by atoms with E-state index in [0.717, 1.165) is 0 Å². The molecule has 0 fully saturated rings. The molecule has 0 spiro atoms. The van der Waals surface area contributed by atoms with Gasteiger partial charge >= 0.3 is 5.97 Å². The molecule has 1 unspecified atom stereocenters. The Morgan fingerprint density at radius 1 is 1.44 bits per heavy atom. The summed E-state index contributed by atoms with van der Waals surface area (Å²) in [6.45, 7) is 1.83. The SMILES string of the molecule is CCC1(CC(=O)O)N=c2ccccc2=C1O. The highest BCUT2D eigenvalue weighted by atomic mass is 16.4. The predicted molar refractivity (Wildman–Crippen MR) is 58.5 cm³/mol. The van der Waals surface area contributed by atoms with E-state index in [4.69, 9.17) is 5.11 Å². The lowest BCUT2D eigenvalue weighted by Gasteiger charge is -2.22. The largest absolute Gasteiger partial charge is 0.509 e. The molecular weight excluding hydrogens is 206 g/mol. The van der Waals surface area contributed by atoms with Gasteiger partial charge in [-0.25, -0.2) is 0 Å². The quantitative estimate of drug-likeness (QED) is 0.782. The van der Waals surface area contributed by atoms with E-state index in [1.807, 2.05) is 13.0 Å². The molecule has 0 aliphatic carbocycles. The van der Waals surface area contributed by atoms with Crippen LogP contribution in [-0.4, -0.2) is 21.7 Å². The lowest BCUT2D eigenvalue weighted by atomic mass is 9.91. The summed E-state index contributed by atoms with van der Waals surface area (Å²) in [5.74, 6) is -0.877. The number of nitrogens with zero attached hydrogens (tertiary/aromatic N) is 1. The maximum Gasteiger partial charge on any atom is 0.306 e. The molecule has 4 nitrogen and oxygen atoms in total. The van der Waals surface area contributed by atoms with Crippen molar-refractivity contribution in [2.45, 2.75) is 25.3 Å². The van der Waals surface area contributed by atoms with Crippen molar-refractivity contribution < 1.29 is 15.0 Å². The molecule has 1 aliphatic heterocycles. The topological polar surface area (TPSA) is 69.9 Å². The van der Waals surface area contributed by atoms with Crippen LogP contribution in [0.25, 0.3) is 5.76 Å². The standard InChI is InChI=1S/C12H13NO3/c1-2-12(7-10(14)15)11(16)8-5-3-4-6-9(8)13-12/h3-6,16H,2,7H2,1H3,(H,14,15). The summed E-state index contributed by atoms with van der Waals surface area (Å²) in [6, 6.07) is 7.16.